The summed E-state index contributed by atoms with van der Waals surface area (Å²) in [5.74, 6) is 0.775. The molecule has 0 spiro atoms. The maximum absolute atomic E-state index is 6.66. The third-order valence-corrected chi connectivity index (χ3v) is 5.49. The number of hydrogen-bond donors (Lipinski definition) is 0. The zero-order valence-corrected chi connectivity index (χ0v) is 16.8. The minimum Gasteiger partial charge on any atom is -0.497 e. The van der Waals surface area contributed by atoms with Crippen LogP contribution in [-0.4, -0.2) is 21.9 Å². The molecule has 0 radical (unpaired) electrons. The lowest BCUT2D eigenvalue weighted by Gasteiger charge is -2.13. The standard InChI is InChI=1S/C24H18ClN3O/c1-28-24-22(23(27-28)15-8-4-3-5-9-15)21(17-10-6-7-11-19(17)25)18-14-16(29-2)12-13-20(18)26-24/h3-14H,1-2H3. The van der Waals surface area contributed by atoms with E-state index < -0.39 is 0 Å². The average Bonchev–Trinajstić information content (AvgIpc) is 3.09. The Hall–Kier alpha value is -3.37. The largest absolute Gasteiger partial charge is 0.497 e. The van der Waals surface area contributed by atoms with Crippen molar-refractivity contribution in [2.45, 2.75) is 0 Å². The Bertz CT molecular complexity index is 1360. The fourth-order valence-corrected chi connectivity index (χ4v) is 4.03. The molecule has 4 nitrogen and oxygen atoms in total. The Balaban J connectivity index is 2.01. The van der Waals surface area contributed by atoms with Gasteiger partial charge in [-0.25, -0.2) is 9.67 Å². The first-order valence-electron chi connectivity index (χ1n) is 9.32. The van der Waals surface area contributed by atoms with Gasteiger partial charge in [0.2, 0.25) is 0 Å². The number of halogens is 1. The lowest BCUT2D eigenvalue weighted by atomic mass is 9.95. The van der Waals surface area contributed by atoms with Crippen LogP contribution in [0.1, 0.15) is 0 Å². The summed E-state index contributed by atoms with van der Waals surface area (Å²) < 4.78 is 7.33. The number of ether oxygens (including phenoxy) is 1. The molecule has 2 heterocycles. The maximum atomic E-state index is 6.66. The molecule has 0 N–H and O–H groups in total. The van der Waals surface area contributed by atoms with Crippen molar-refractivity contribution in [1.29, 1.82) is 0 Å². The third kappa shape index (κ3) is 2.84. The second-order valence-electron chi connectivity index (χ2n) is 6.89. The summed E-state index contributed by atoms with van der Waals surface area (Å²) in [5.41, 5.74) is 5.57. The maximum Gasteiger partial charge on any atom is 0.159 e. The van der Waals surface area contributed by atoms with Crippen molar-refractivity contribution in [1.82, 2.24) is 14.8 Å². The average molecular weight is 400 g/mol. The van der Waals surface area contributed by atoms with E-state index in [0.29, 0.717) is 5.02 Å². The van der Waals surface area contributed by atoms with Gasteiger partial charge in [0.05, 0.1) is 18.0 Å². The molecule has 0 unspecified atom stereocenters. The highest BCUT2D eigenvalue weighted by molar-refractivity contribution is 6.34. The van der Waals surface area contributed by atoms with Gasteiger partial charge in [-0.3, -0.25) is 0 Å². The van der Waals surface area contributed by atoms with Crippen molar-refractivity contribution in [2.75, 3.05) is 7.11 Å². The number of fused-ring (bicyclic) bond motifs is 2. The Morgan fingerprint density at radius 3 is 2.45 bits per heavy atom. The van der Waals surface area contributed by atoms with Gasteiger partial charge in [-0.1, -0.05) is 60.1 Å². The summed E-state index contributed by atoms with van der Waals surface area (Å²) in [7, 11) is 3.59. The molecular formula is C24H18ClN3O. The normalized spacial score (nSPS) is 11.3. The van der Waals surface area contributed by atoms with Gasteiger partial charge in [0.15, 0.2) is 5.65 Å². The highest BCUT2D eigenvalue weighted by Crippen LogP contribution is 2.42. The smallest absolute Gasteiger partial charge is 0.159 e. The number of aromatic nitrogens is 3. The minimum atomic E-state index is 0.687. The molecule has 0 bridgehead atoms. The van der Waals surface area contributed by atoms with Gasteiger partial charge in [0.1, 0.15) is 11.4 Å². The lowest BCUT2D eigenvalue weighted by Crippen LogP contribution is -1.94. The van der Waals surface area contributed by atoms with Crippen LogP contribution in [0.5, 0.6) is 5.75 Å². The van der Waals surface area contributed by atoms with E-state index >= 15 is 0 Å². The van der Waals surface area contributed by atoms with Gasteiger partial charge in [0.25, 0.3) is 0 Å². The molecule has 5 heteroatoms. The van der Waals surface area contributed by atoms with Crippen molar-refractivity contribution in [3.63, 3.8) is 0 Å². The highest BCUT2D eigenvalue weighted by atomic mass is 35.5. The molecular weight excluding hydrogens is 382 g/mol. The van der Waals surface area contributed by atoms with Crippen LogP contribution in [0.25, 0.3) is 44.3 Å². The van der Waals surface area contributed by atoms with Crippen LogP contribution in [0.3, 0.4) is 0 Å². The highest BCUT2D eigenvalue weighted by Gasteiger charge is 2.21. The second-order valence-corrected chi connectivity index (χ2v) is 7.29. The summed E-state index contributed by atoms with van der Waals surface area (Å²) in [5, 5.41) is 7.47. The van der Waals surface area contributed by atoms with Crippen LogP contribution in [0.2, 0.25) is 5.02 Å². The molecule has 2 aromatic heterocycles. The van der Waals surface area contributed by atoms with E-state index in [1.807, 2.05) is 72.4 Å². The van der Waals surface area contributed by atoms with Gasteiger partial charge in [0, 0.05) is 34.1 Å². The van der Waals surface area contributed by atoms with Gasteiger partial charge < -0.3 is 4.74 Å². The number of rotatable bonds is 3. The third-order valence-electron chi connectivity index (χ3n) is 5.16. The van der Waals surface area contributed by atoms with Crippen molar-refractivity contribution >= 4 is 33.5 Å². The van der Waals surface area contributed by atoms with E-state index in [-0.39, 0.29) is 0 Å². The van der Waals surface area contributed by atoms with Crippen LogP contribution in [-0.2, 0) is 7.05 Å². The van der Waals surface area contributed by atoms with Crippen molar-refractivity contribution in [2.24, 2.45) is 7.05 Å². The van der Waals surface area contributed by atoms with Crippen LogP contribution < -0.4 is 4.74 Å². The predicted octanol–water partition coefficient (Wildman–Crippen LogP) is 6.12. The molecule has 142 valence electrons. The van der Waals surface area contributed by atoms with E-state index in [1.54, 1.807) is 7.11 Å². The summed E-state index contributed by atoms with van der Waals surface area (Å²) >= 11 is 6.66. The fourth-order valence-electron chi connectivity index (χ4n) is 3.80. The number of methoxy groups -OCH3 is 1. The van der Waals surface area contributed by atoms with Crippen LogP contribution >= 0.6 is 11.6 Å². The van der Waals surface area contributed by atoms with E-state index in [4.69, 9.17) is 26.4 Å². The molecule has 0 amide bonds. The molecule has 3 aromatic carbocycles. The Labute approximate surface area is 173 Å². The fraction of sp³-hybridized carbons (Fsp3) is 0.0833. The monoisotopic (exact) mass is 399 g/mol. The summed E-state index contributed by atoms with van der Waals surface area (Å²) in [6.45, 7) is 0. The summed E-state index contributed by atoms with van der Waals surface area (Å²) in [6.07, 6.45) is 0. The second kappa shape index (κ2) is 6.90. The number of nitrogens with zero attached hydrogens (tertiary/aromatic N) is 3. The zero-order chi connectivity index (χ0) is 20.0. The van der Waals surface area contributed by atoms with Crippen LogP contribution in [0, 0.1) is 0 Å². The first-order chi connectivity index (χ1) is 14.2. The summed E-state index contributed by atoms with van der Waals surface area (Å²) in [4.78, 5) is 4.92. The van der Waals surface area contributed by atoms with Gasteiger partial charge in [-0.15, -0.1) is 0 Å². The molecule has 5 rings (SSSR count). The Morgan fingerprint density at radius 2 is 1.69 bits per heavy atom. The molecule has 5 aromatic rings. The van der Waals surface area contributed by atoms with E-state index in [0.717, 1.165) is 50.1 Å². The van der Waals surface area contributed by atoms with Crippen LogP contribution in [0.15, 0.2) is 72.8 Å². The van der Waals surface area contributed by atoms with E-state index in [9.17, 15) is 0 Å². The molecule has 0 saturated heterocycles. The Morgan fingerprint density at radius 1 is 0.931 bits per heavy atom. The minimum absolute atomic E-state index is 0.687. The van der Waals surface area contributed by atoms with Crippen molar-refractivity contribution < 1.29 is 4.74 Å². The number of aryl methyl sites for hydroxylation is 1. The quantitative estimate of drug-likeness (QED) is 0.367. The van der Waals surface area contributed by atoms with E-state index in [1.165, 1.54) is 0 Å². The van der Waals surface area contributed by atoms with Gasteiger partial charge >= 0.3 is 0 Å². The zero-order valence-electron chi connectivity index (χ0n) is 16.1. The van der Waals surface area contributed by atoms with Gasteiger partial charge in [-0.2, -0.15) is 5.10 Å². The molecule has 0 aliphatic rings. The molecule has 29 heavy (non-hydrogen) atoms. The number of hydrogen-bond acceptors (Lipinski definition) is 3. The SMILES string of the molecule is COc1ccc2nc3c(c(-c4ccccc4)nn3C)c(-c3ccccc3Cl)c2c1. The molecule has 0 fully saturated rings. The first kappa shape index (κ1) is 17.7. The first-order valence-corrected chi connectivity index (χ1v) is 9.70. The van der Waals surface area contributed by atoms with Crippen LogP contribution in [0.4, 0.5) is 0 Å². The summed E-state index contributed by atoms with van der Waals surface area (Å²) in [6, 6.07) is 24.0. The number of pyridine rings is 1. The molecule has 0 atom stereocenters. The molecule has 0 saturated carbocycles. The van der Waals surface area contributed by atoms with Crippen molar-refractivity contribution in [3.8, 4) is 28.1 Å². The molecule has 0 aliphatic carbocycles. The Kier molecular flexibility index (Phi) is 4.22. The van der Waals surface area contributed by atoms with Crippen molar-refractivity contribution in [3.05, 3.63) is 77.8 Å². The predicted molar refractivity (Wildman–Crippen MR) is 118 cm³/mol. The number of benzene rings is 3. The van der Waals surface area contributed by atoms with E-state index in [2.05, 4.69) is 12.1 Å². The van der Waals surface area contributed by atoms with Gasteiger partial charge in [-0.05, 0) is 24.3 Å². The lowest BCUT2D eigenvalue weighted by molar-refractivity contribution is 0.415. The molecule has 0 aliphatic heterocycles. The topological polar surface area (TPSA) is 39.9 Å².